The summed E-state index contributed by atoms with van der Waals surface area (Å²) in [6.45, 7) is 0. The van der Waals surface area contributed by atoms with E-state index < -0.39 is 10.0 Å². The quantitative estimate of drug-likeness (QED) is 0.699. The highest BCUT2D eigenvalue weighted by atomic mass is 32.3. The lowest BCUT2D eigenvalue weighted by Crippen LogP contribution is -2.00. The van der Waals surface area contributed by atoms with Crippen molar-refractivity contribution in [1.82, 2.24) is 0 Å². The van der Waals surface area contributed by atoms with E-state index in [4.69, 9.17) is 4.74 Å². The average Bonchev–Trinajstić information content (AvgIpc) is 2.86. The second-order valence-corrected chi connectivity index (χ2v) is 9.04. The second-order valence-electron chi connectivity index (χ2n) is 5.85. The van der Waals surface area contributed by atoms with Gasteiger partial charge in [0.2, 0.25) is 0 Å². The number of ether oxygens (including phenoxy) is 1. The number of hydrogen-bond donors (Lipinski definition) is 0. The highest BCUT2D eigenvalue weighted by Crippen LogP contribution is 2.74. The molecule has 4 rings (SSSR count). The van der Waals surface area contributed by atoms with Gasteiger partial charge in [-0.3, -0.25) is 0 Å². The van der Waals surface area contributed by atoms with Crippen LogP contribution in [0.4, 0.5) is 0 Å². The number of allylic oxidation sites excluding steroid dienone is 3. The van der Waals surface area contributed by atoms with Crippen molar-refractivity contribution in [3.63, 3.8) is 0 Å². The molecule has 0 aromatic heterocycles. The van der Waals surface area contributed by atoms with Crippen LogP contribution in [0, 0.1) is 0 Å². The zero-order valence-electron chi connectivity index (χ0n) is 13.0. The van der Waals surface area contributed by atoms with Crippen LogP contribution in [-0.2, 0) is 0 Å². The molecule has 2 aromatic rings. The topological polar surface area (TPSA) is 9.23 Å². The van der Waals surface area contributed by atoms with Crippen molar-refractivity contribution in [1.29, 1.82) is 0 Å². The minimum absolute atomic E-state index is 0.923. The first-order valence-electron chi connectivity index (χ1n) is 7.68. The van der Waals surface area contributed by atoms with Gasteiger partial charge in [0.25, 0.3) is 0 Å². The molecule has 2 aromatic carbocycles. The SMILES string of the molecule is COc1ccc(S2(C)C3=CCCC=C3c3ccccc32)cc1. The molecule has 1 unspecified atom stereocenters. The molecular formula is C20H20OS. The summed E-state index contributed by atoms with van der Waals surface area (Å²) in [5, 5.41) is 0. The highest BCUT2D eigenvalue weighted by Gasteiger charge is 2.39. The molecule has 1 atom stereocenters. The van der Waals surface area contributed by atoms with Gasteiger partial charge in [0.1, 0.15) is 5.75 Å². The van der Waals surface area contributed by atoms with Gasteiger partial charge < -0.3 is 4.74 Å². The zero-order chi connectivity index (χ0) is 15.2. The Bertz CT molecular complexity index is 786. The first-order chi connectivity index (χ1) is 10.7. The van der Waals surface area contributed by atoms with Crippen molar-refractivity contribution in [2.45, 2.75) is 22.6 Å². The van der Waals surface area contributed by atoms with E-state index in [-0.39, 0.29) is 0 Å². The average molecular weight is 308 g/mol. The molecule has 22 heavy (non-hydrogen) atoms. The van der Waals surface area contributed by atoms with Gasteiger partial charge in [-0.25, -0.2) is 0 Å². The van der Waals surface area contributed by atoms with Crippen molar-refractivity contribution in [2.24, 2.45) is 0 Å². The third kappa shape index (κ3) is 1.80. The van der Waals surface area contributed by atoms with E-state index in [1.165, 1.54) is 20.9 Å². The van der Waals surface area contributed by atoms with Gasteiger partial charge >= 0.3 is 0 Å². The summed E-state index contributed by atoms with van der Waals surface area (Å²) in [5.74, 6) is 0.923. The van der Waals surface area contributed by atoms with Crippen LogP contribution in [0.2, 0.25) is 0 Å². The Morgan fingerprint density at radius 3 is 2.41 bits per heavy atom. The van der Waals surface area contributed by atoms with Crippen molar-refractivity contribution in [3.05, 3.63) is 71.2 Å². The summed E-state index contributed by atoms with van der Waals surface area (Å²) in [5.41, 5.74) is 2.90. The van der Waals surface area contributed by atoms with Crippen LogP contribution in [0.25, 0.3) is 5.57 Å². The first kappa shape index (κ1) is 13.7. The summed E-state index contributed by atoms with van der Waals surface area (Å²) in [7, 11) is 0.591. The number of fused-ring (bicyclic) bond motifs is 3. The standard InChI is InChI=1S/C20H20OS/c1-21-15-11-13-16(14-12-15)22(2)19-9-5-3-7-17(19)18-8-4-6-10-20(18)22/h3,5,7-14H,4,6H2,1-2H3. The molecule has 0 fully saturated rings. The van der Waals surface area contributed by atoms with Crippen LogP contribution < -0.4 is 4.74 Å². The van der Waals surface area contributed by atoms with Gasteiger partial charge in [-0.15, -0.1) is 0 Å². The summed E-state index contributed by atoms with van der Waals surface area (Å²) in [6.07, 6.45) is 9.65. The number of benzene rings is 2. The Morgan fingerprint density at radius 2 is 1.64 bits per heavy atom. The third-order valence-corrected chi connectivity index (χ3v) is 8.41. The Hall–Kier alpha value is -1.93. The fourth-order valence-corrected chi connectivity index (χ4v) is 7.03. The van der Waals surface area contributed by atoms with E-state index in [9.17, 15) is 0 Å². The summed E-state index contributed by atoms with van der Waals surface area (Å²) >= 11 is 0. The molecule has 0 amide bonds. The van der Waals surface area contributed by atoms with E-state index in [1.54, 1.807) is 12.0 Å². The molecule has 0 saturated heterocycles. The molecule has 0 bridgehead atoms. The molecule has 112 valence electrons. The van der Waals surface area contributed by atoms with Crippen molar-refractivity contribution >= 4 is 15.6 Å². The van der Waals surface area contributed by atoms with E-state index in [2.05, 4.69) is 66.9 Å². The number of methoxy groups -OCH3 is 1. The Labute approximate surface area is 133 Å². The Balaban J connectivity index is 1.95. The van der Waals surface area contributed by atoms with Crippen LogP contribution >= 0.6 is 10.0 Å². The first-order valence-corrected chi connectivity index (χ1v) is 9.72. The maximum absolute atomic E-state index is 5.32. The second kappa shape index (κ2) is 5.06. The minimum atomic E-state index is -1.13. The van der Waals surface area contributed by atoms with Gasteiger partial charge in [0.15, 0.2) is 0 Å². The molecule has 0 saturated carbocycles. The maximum Gasteiger partial charge on any atom is 0.118 e. The lowest BCUT2D eigenvalue weighted by atomic mass is 10.00. The summed E-state index contributed by atoms with van der Waals surface area (Å²) < 4.78 is 5.32. The molecule has 0 radical (unpaired) electrons. The van der Waals surface area contributed by atoms with Crippen LogP contribution in [0.15, 0.2) is 75.4 Å². The third-order valence-electron chi connectivity index (χ3n) is 4.70. The lowest BCUT2D eigenvalue weighted by Gasteiger charge is -2.35. The van der Waals surface area contributed by atoms with Crippen molar-refractivity contribution in [3.8, 4) is 5.75 Å². The Kier molecular flexibility index (Phi) is 3.16. The Morgan fingerprint density at radius 1 is 0.909 bits per heavy atom. The largest absolute Gasteiger partial charge is 0.497 e. The fraction of sp³-hybridized carbons (Fsp3) is 0.200. The molecule has 1 aliphatic heterocycles. The van der Waals surface area contributed by atoms with Crippen molar-refractivity contribution in [2.75, 3.05) is 13.4 Å². The van der Waals surface area contributed by atoms with E-state index in [0.717, 1.165) is 18.6 Å². The molecule has 2 aliphatic rings. The van der Waals surface area contributed by atoms with E-state index >= 15 is 0 Å². The molecule has 0 N–H and O–H groups in total. The van der Waals surface area contributed by atoms with Crippen LogP contribution in [0.3, 0.4) is 0 Å². The lowest BCUT2D eigenvalue weighted by molar-refractivity contribution is 0.414. The normalized spacial score (nSPS) is 25.4. The van der Waals surface area contributed by atoms with Gasteiger partial charge in [-0.05, 0) is 65.5 Å². The maximum atomic E-state index is 5.32. The molecule has 0 spiro atoms. The number of hydrogen-bond acceptors (Lipinski definition) is 1. The predicted molar refractivity (Wildman–Crippen MR) is 94.8 cm³/mol. The zero-order valence-corrected chi connectivity index (χ0v) is 13.8. The molecule has 2 heteroatoms. The smallest absolute Gasteiger partial charge is 0.118 e. The minimum Gasteiger partial charge on any atom is -0.497 e. The van der Waals surface area contributed by atoms with Gasteiger partial charge in [0.05, 0.1) is 7.11 Å². The molecule has 1 heterocycles. The monoisotopic (exact) mass is 308 g/mol. The van der Waals surface area contributed by atoms with Crippen LogP contribution in [0.5, 0.6) is 5.75 Å². The van der Waals surface area contributed by atoms with Gasteiger partial charge in [0, 0.05) is 9.80 Å². The van der Waals surface area contributed by atoms with E-state index in [0.29, 0.717) is 0 Å². The van der Waals surface area contributed by atoms with E-state index in [1.807, 2.05) is 0 Å². The molecule has 1 aliphatic carbocycles. The highest BCUT2D eigenvalue weighted by molar-refractivity contribution is 8.37. The summed E-state index contributed by atoms with van der Waals surface area (Å²) in [6, 6.07) is 17.6. The van der Waals surface area contributed by atoms with Gasteiger partial charge in [-0.2, -0.15) is 10.0 Å². The van der Waals surface area contributed by atoms with Gasteiger partial charge in [-0.1, -0.05) is 30.4 Å². The molecule has 1 nitrogen and oxygen atoms in total. The number of rotatable bonds is 2. The molecular weight excluding hydrogens is 288 g/mol. The predicted octanol–water partition coefficient (Wildman–Crippen LogP) is 5.62. The summed E-state index contributed by atoms with van der Waals surface area (Å²) in [4.78, 5) is 4.46. The van der Waals surface area contributed by atoms with Crippen LogP contribution in [-0.4, -0.2) is 13.4 Å². The van der Waals surface area contributed by atoms with Crippen LogP contribution in [0.1, 0.15) is 18.4 Å². The fourth-order valence-electron chi connectivity index (χ4n) is 3.55. The van der Waals surface area contributed by atoms with Crippen molar-refractivity contribution < 1.29 is 4.74 Å².